The van der Waals surface area contributed by atoms with Gasteiger partial charge in [-0.15, -0.1) is 0 Å². The molecule has 1 N–H and O–H groups in total. The monoisotopic (exact) mass is 305 g/mol. The summed E-state index contributed by atoms with van der Waals surface area (Å²) in [7, 11) is 0. The molecule has 1 aromatic carbocycles. The van der Waals surface area contributed by atoms with Crippen molar-refractivity contribution in [3.05, 3.63) is 28.5 Å². The van der Waals surface area contributed by atoms with Crippen LogP contribution in [0, 0.1) is 5.82 Å². The molecule has 0 saturated heterocycles. The number of hydrogen-bond acceptors (Lipinski definition) is 3. The summed E-state index contributed by atoms with van der Waals surface area (Å²) < 4.78 is 25.0. The van der Waals surface area contributed by atoms with Gasteiger partial charge in [0.25, 0.3) is 0 Å². The zero-order valence-electron chi connectivity index (χ0n) is 10.0. The Bertz CT molecular complexity index is 343. The Labute approximate surface area is 109 Å². The topological polar surface area (TPSA) is 30.5 Å². The maximum absolute atomic E-state index is 13.4. The van der Waals surface area contributed by atoms with Crippen LogP contribution in [0.5, 0.6) is 0 Å². The first-order chi connectivity index (χ1) is 8.17. The summed E-state index contributed by atoms with van der Waals surface area (Å²) in [6, 6.07) is 4.75. The van der Waals surface area contributed by atoms with Crippen LogP contribution < -0.4 is 5.32 Å². The molecule has 0 spiro atoms. The van der Waals surface area contributed by atoms with Crippen LogP contribution in [0.4, 0.5) is 10.1 Å². The summed E-state index contributed by atoms with van der Waals surface area (Å²) in [6.07, 6.45) is -0.358. The summed E-state index contributed by atoms with van der Waals surface area (Å²) in [5, 5.41) is 2.97. The van der Waals surface area contributed by atoms with Crippen molar-refractivity contribution < 1.29 is 13.9 Å². The van der Waals surface area contributed by atoms with Crippen molar-refractivity contribution in [2.45, 2.75) is 20.1 Å². The summed E-state index contributed by atoms with van der Waals surface area (Å²) in [4.78, 5) is 0. The highest BCUT2D eigenvalue weighted by atomic mass is 79.9. The van der Waals surface area contributed by atoms with Gasteiger partial charge in [-0.3, -0.25) is 0 Å². The number of rotatable bonds is 7. The van der Waals surface area contributed by atoms with Gasteiger partial charge < -0.3 is 14.8 Å². The maximum Gasteiger partial charge on any atom is 0.174 e. The lowest BCUT2D eigenvalue weighted by Gasteiger charge is -2.18. The Balaban J connectivity index is 2.55. The van der Waals surface area contributed by atoms with Crippen molar-refractivity contribution in [3.63, 3.8) is 0 Å². The average Bonchev–Trinajstić information content (AvgIpc) is 2.30. The summed E-state index contributed by atoms with van der Waals surface area (Å²) in [6.45, 7) is 5.33. The highest BCUT2D eigenvalue weighted by Gasteiger charge is 2.09. The second-order valence-electron chi connectivity index (χ2n) is 3.35. The van der Waals surface area contributed by atoms with E-state index in [2.05, 4.69) is 21.2 Å². The van der Waals surface area contributed by atoms with Gasteiger partial charge in [-0.1, -0.05) is 15.9 Å². The molecule has 0 saturated carbocycles. The van der Waals surface area contributed by atoms with Gasteiger partial charge in [0.2, 0.25) is 0 Å². The number of benzene rings is 1. The lowest BCUT2D eigenvalue weighted by Crippen LogP contribution is -2.26. The first-order valence-electron chi connectivity index (χ1n) is 5.59. The molecule has 3 nitrogen and oxygen atoms in total. The minimum absolute atomic E-state index is 0.292. The van der Waals surface area contributed by atoms with E-state index >= 15 is 0 Å². The largest absolute Gasteiger partial charge is 0.378 e. The quantitative estimate of drug-likeness (QED) is 0.783. The molecule has 0 aromatic heterocycles. The van der Waals surface area contributed by atoms with Crippen LogP contribution >= 0.6 is 15.9 Å². The first-order valence-corrected chi connectivity index (χ1v) is 6.38. The van der Waals surface area contributed by atoms with Gasteiger partial charge in [-0.25, -0.2) is 4.39 Å². The van der Waals surface area contributed by atoms with Crippen LogP contribution in [0.2, 0.25) is 0 Å². The zero-order valence-corrected chi connectivity index (χ0v) is 11.6. The fraction of sp³-hybridized carbons (Fsp3) is 0.500. The molecule has 0 aliphatic carbocycles. The van der Waals surface area contributed by atoms with Gasteiger partial charge in [-0.2, -0.15) is 0 Å². The Morgan fingerprint density at radius 2 is 1.94 bits per heavy atom. The van der Waals surface area contributed by atoms with E-state index < -0.39 is 0 Å². The Hall–Kier alpha value is -0.650. The highest BCUT2D eigenvalue weighted by Crippen LogP contribution is 2.20. The molecule has 0 aliphatic heterocycles. The number of nitrogens with one attached hydrogen (secondary N) is 1. The van der Waals surface area contributed by atoms with E-state index in [-0.39, 0.29) is 12.1 Å². The molecule has 96 valence electrons. The predicted octanol–water partition coefficient (Wildman–Crippen LogP) is 3.40. The molecular formula is C12H17BrFNO2. The summed E-state index contributed by atoms with van der Waals surface area (Å²) in [5.74, 6) is -0.292. The number of anilines is 1. The van der Waals surface area contributed by atoms with Gasteiger partial charge in [0.15, 0.2) is 6.29 Å². The van der Waals surface area contributed by atoms with Crippen molar-refractivity contribution in [2.75, 3.05) is 25.1 Å². The molecular weight excluding hydrogens is 289 g/mol. The van der Waals surface area contributed by atoms with Crippen LogP contribution in [0.15, 0.2) is 22.7 Å². The molecule has 0 aliphatic rings. The predicted molar refractivity (Wildman–Crippen MR) is 69.6 cm³/mol. The average molecular weight is 306 g/mol. The number of ether oxygens (including phenoxy) is 2. The normalized spacial score (nSPS) is 10.9. The molecule has 1 aromatic rings. The first kappa shape index (κ1) is 14.4. The van der Waals surface area contributed by atoms with Crippen molar-refractivity contribution in [1.82, 2.24) is 0 Å². The molecule has 0 radical (unpaired) electrons. The number of hydrogen-bond donors (Lipinski definition) is 1. The van der Waals surface area contributed by atoms with Crippen LogP contribution in [-0.4, -0.2) is 26.0 Å². The SMILES string of the molecule is CCOC(CNc1cc(Br)ccc1F)OCC. The molecule has 0 atom stereocenters. The van der Waals surface area contributed by atoms with E-state index in [9.17, 15) is 4.39 Å². The van der Waals surface area contributed by atoms with Crippen LogP contribution in [0.25, 0.3) is 0 Å². The van der Waals surface area contributed by atoms with Crippen LogP contribution in [0.1, 0.15) is 13.8 Å². The summed E-state index contributed by atoms with van der Waals surface area (Å²) >= 11 is 3.30. The Morgan fingerprint density at radius 3 is 2.53 bits per heavy atom. The minimum Gasteiger partial charge on any atom is -0.378 e. The Morgan fingerprint density at radius 1 is 1.29 bits per heavy atom. The minimum atomic E-state index is -0.358. The van der Waals surface area contributed by atoms with Crippen LogP contribution in [0.3, 0.4) is 0 Å². The fourth-order valence-corrected chi connectivity index (χ4v) is 1.73. The second kappa shape index (κ2) is 7.63. The van der Waals surface area contributed by atoms with Crippen molar-refractivity contribution in [3.8, 4) is 0 Å². The second-order valence-corrected chi connectivity index (χ2v) is 4.26. The molecule has 1 rings (SSSR count). The molecule has 0 bridgehead atoms. The standard InChI is InChI=1S/C12H17BrFNO2/c1-3-16-12(17-4-2)8-15-11-7-9(13)5-6-10(11)14/h5-7,12,15H,3-4,8H2,1-2H3. The van der Waals surface area contributed by atoms with E-state index in [1.54, 1.807) is 12.1 Å². The third kappa shape index (κ3) is 5.02. The molecule has 0 heterocycles. The summed E-state index contributed by atoms with van der Waals surface area (Å²) in [5.41, 5.74) is 0.434. The van der Waals surface area contributed by atoms with Gasteiger partial charge in [0, 0.05) is 17.7 Å². The van der Waals surface area contributed by atoms with E-state index in [0.717, 1.165) is 4.47 Å². The smallest absolute Gasteiger partial charge is 0.174 e. The Kier molecular flexibility index (Phi) is 6.47. The third-order valence-corrected chi connectivity index (χ3v) is 2.59. The molecule has 17 heavy (non-hydrogen) atoms. The van der Waals surface area contributed by atoms with Gasteiger partial charge >= 0.3 is 0 Å². The van der Waals surface area contributed by atoms with E-state index in [1.165, 1.54) is 6.07 Å². The van der Waals surface area contributed by atoms with Gasteiger partial charge in [-0.05, 0) is 32.0 Å². The van der Waals surface area contributed by atoms with Gasteiger partial charge in [0.05, 0.1) is 12.2 Å². The van der Waals surface area contributed by atoms with Crippen molar-refractivity contribution in [2.24, 2.45) is 0 Å². The van der Waals surface area contributed by atoms with Crippen LogP contribution in [-0.2, 0) is 9.47 Å². The highest BCUT2D eigenvalue weighted by molar-refractivity contribution is 9.10. The lowest BCUT2D eigenvalue weighted by atomic mass is 10.3. The molecule has 0 fully saturated rings. The molecule has 5 heteroatoms. The maximum atomic E-state index is 13.4. The third-order valence-electron chi connectivity index (χ3n) is 2.09. The molecule has 0 amide bonds. The zero-order chi connectivity index (χ0) is 12.7. The lowest BCUT2D eigenvalue weighted by molar-refractivity contribution is -0.126. The fourth-order valence-electron chi connectivity index (χ4n) is 1.36. The van der Waals surface area contributed by atoms with E-state index in [1.807, 2.05) is 13.8 Å². The van der Waals surface area contributed by atoms with Gasteiger partial charge in [0.1, 0.15) is 5.82 Å². The van der Waals surface area contributed by atoms with E-state index in [4.69, 9.17) is 9.47 Å². The molecule has 0 unspecified atom stereocenters. The van der Waals surface area contributed by atoms with Crippen molar-refractivity contribution in [1.29, 1.82) is 0 Å². The van der Waals surface area contributed by atoms with Crippen molar-refractivity contribution >= 4 is 21.6 Å². The number of halogens is 2. The van der Waals surface area contributed by atoms with E-state index in [0.29, 0.717) is 25.4 Å².